The lowest BCUT2D eigenvalue weighted by atomic mass is 10.1. The van der Waals surface area contributed by atoms with E-state index in [1.807, 2.05) is 44.2 Å². The highest BCUT2D eigenvalue weighted by atomic mass is 16.3. The Hall–Kier alpha value is -0.940. The second kappa shape index (κ2) is 6.68. The molecule has 4 heteroatoms. The van der Waals surface area contributed by atoms with Gasteiger partial charge in [0.25, 0.3) is 0 Å². The second-order valence-corrected chi connectivity index (χ2v) is 6.32. The predicted octanol–water partition coefficient (Wildman–Crippen LogP) is 1.11. The van der Waals surface area contributed by atoms with Crippen LogP contribution in [-0.2, 0) is 0 Å². The Bertz CT molecular complexity index is 395. The van der Waals surface area contributed by atoms with Crippen LogP contribution in [0.2, 0.25) is 0 Å². The summed E-state index contributed by atoms with van der Waals surface area (Å²) in [4.78, 5) is 4.57. The summed E-state index contributed by atoms with van der Waals surface area (Å²) in [5.74, 6) is 0. The van der Waals surface area contributed by atoms with Crippen molar-refractivity contribution in [2.24, 2.45) is 0 Å². The van der Waals surface area contributed by atoms with Gasteiger partial charge in [-0.25, -0.2) is 0 Å². The number of nitrogens with zero attached hydrogens (tertiary/aromatic N) is 2. The van der Waals surface area contributed by atoms with Crippen molar-refractivity contribution in [2.75, 3.05) is 39.3 Å². The number of benzene rings is 1. The number of aliphatic hydroxyl groups is 2. The smallest absolute Gasteiger partial charge is 0.0916 e. The van der Waals surface area contributed by atoms with Gasteiger partial charge < -0.3 is 10.2 Å². The minimum atomic E-state index is -0.633. The van der Waals surface area contributed by atoms with Gasteiger partial charge in [-0.15, -0.1) is 0 Å². The van der Waals surface area contributed by atoms with E-state index in [9.17, 15) is 10.2 Å². The predicted molar refractivity (Wildman–Crippen MR) is 80.6 cm³/mol. The van der Waals surface area contributed by atoms with Crippen molar-refractivity contribution in [1.82, 2.24) is 9.80 Å². The van der Waals surface area contributed by atoms with E-state index in [1.165, 1.54) is 0 Å². The van der Waals surface area contributed by atoms with Crippen LogP contribution in [0.3, 0.4) is 0 Å². The minimum Gasteiger partial charge on any atom is -0.389 e. The maximum atomic E-state index is 10.2. The molecule has 1 aromatic carbocycles. The van der Waals surface area contributed by atoms with Gasteiger partial charge in [0.1, 0.15) is 0 Å². The van der Waals surface area contributed by atoms with Crippen LogP contribution in [0.25, 0.3) is 0 Å². The topological polar surface area (TPSA) is 46.9 Å². The van der Waals surface area contributed by atoms with E-state index in [-0.39, 0.29) is 0 Å². The van der Waals surface area contributed by atoms with E-state index in [4.69, 9.17) is 0 Å². The molecule has 0 unspecified atom stereocenters. The average Bonchev–Trinajstić information content (AvgIpc) is 2.40. The number of β-amino-alcohol motifs (C(OH)–C–C–N with tert-alkyl or cyclic N) is 2. The molecule has 2 rings (SSSR count). The molecule has 0 aliphatic carbocycles. The van der Waals surface area contributed by atoms with Crippen LogP contribution in [0, 0.1) is 0 Å². The Morgan fingerprint density at radius 2 is 1.60 bits per heavy atom. The fourth-order valence-corrected chi connectivity index (χ4v) is 2.70. The van der Waals surface area contributed by atoms with E-state index < -0.39 is 11.7 Å². The van der Waals surface area contributed by atoms with Gasteiger partial charge in [0.15, 0.2) is 0 Å². The molecule has 2 N–H and O–H groups in total. The van der Waals surface area contributed by atoms with Crippen LogP contribution >= 0.6 is 0 Å². The van der Waals surface area contributed by atoms with Crippen molar-refractivity contribution in [1.29, 1.82) is 0 Å². The summed E-state index contributed by atoms with van der Waals surface area (Å²) in [5, 5.41) is 20.1. The van der Waals surface area contributed by atoms with E-state index in [1.54, 1.807) is 0 Å². The molecule has 0 aromatic heterocycles. The van der Waals surface area contributed by atoms with Crippen LogP contribution in [0.15, 0.2) is 30.3 Å². The summed E-state index contributed by atoms with van der Waals surface area (Å²) >= 11 is 0. The number of rotatable bonds is 5. The zero-order chi connectivity index (χ0) is 14.6. The Kier molecular flexibility index (Phi) is 5.16. The van der Waals surface area contributed by atoms with Crippen molar-refractivity contribution >= 4 is 0 Å². The summed E-state index contributed by atoms with van der Waals surface area (Å²) in [6.45, 7) is 8.87. The fourth-order valence-electron chi connectivity index (χ4n) is 2.70. The Labute approximate surface area is 121 Å². The molecule has 1 atom stereocenters. The van der Waals surface area contributed by atoms with Crippen LogP contribution in [0.5, 0.6) is 0 Å². The van der Waals surface area contributed by atoms with Gasteiger partial charge in [0.05, 0.1) is 11.7 Å². The zero-order valence-electron chi connectivity index (χ0n) is 12.5. The molecular formula is C16H26N2O2. The summed E-state index contributed by atoms with van der Waals surface area (Å²) in [6, 6.07) is 9.82. The van der Waals surface area contributed by atoms with Gasteiger partial charge >= 0.3 is 0 Å². The molecule has 0 radical (unpaired) electrons. The zero-order valence-corrected chi connectivity index (χ0v) is 12.5. The third kappa shape index (κ3) is 4.87. The van der Waals surface area contributed by atoms with Gasteiger partial charge in [-0.1, -0.05) is 30.3 Å². The molecule has 1 aromatic rings. The van der Waals surface area contributed by atoms with Gasteiger partial charge in [-0.05, 0) is 19.4 Å². The molecule has 0 saturated carbocycles. The molecule has 1 aliphatic heterocycles. The van der Waals surface area contributed by atoms with E-state index >= 15 is 0 Å². The molecule has 1 fully saturated rings. The molecule has 20 heavy (non-hydrogen) atoms. The summed E-state index contributed by atoms with van der Waals surface area (Å²) < 4.78 is 0. The average molecular weight is 278 g/mol. The first-order chi connectivity index (χ1) is 9.44. The van der Waals surface area contributed by atoms with E-state index in [0.29, 0.717) is 13.1 Å². The van der Waals surface area contributed by atoms with Gasteiger partial charge in [-0.3, -0.25) is 9.80 Å². The first-order valence-corrected chi connectivity index (χ1v) is 7.34. The summed E-state index contributed by atoms with van der Waals surface area (Å²) in [5.41, 5.74) is 0.345. The summed E-state index contributed by atoms with van der Waals surface area (Å²) in [7, 11) is 0. The molecule has 0 spiro atoms. The van der Waals surface area contributed by atoms with Crippen LogP contribution in [0.1, 0.15) is 25.5 Å². The second-order valence-electron chi connectivity index (χ2n) is 6.32. The number of piperazine rings is 1. The molecule has 112 valence electrons. The standard InChI is InChI=1S/C16H26N2O2/c1-16(2,20)13-18-10-8-17(9-11-18)12-15(19)14-6-4-3-5-7-14/h3-7,15,19-20H,8-13H2,1-2H3/t15-/m0/s1. The molecular weight excluding hydrogens is 252 g/mol. The molecule has 1 saturated heterocycles. The van der Waals surface area contributed by atoms with Gasteiger partial charge in [-0.2, -0.15) is 0 Å². The van der Waals surface area contributed by atoms with Gasteiger partial charge in [0.2, 0.25) is 0 Å². The third-order valence-electron chi connectivity index (χ3n) is 3.69. The largest absolute Gasteiger partial charge is 0.389 e. The lowest BCUT2D eigenvalue weighted by Gasteiger charge is -2.38. The minimum absolute atomic E-state index is 0.419. The number of aliphatic hydroxyl groups excluding tert-OH is 1. The molecule has 4 nitrogen and oxygen atoms in total. The molecule has 1 heterocycles. The van der Waals surface area contributed by atoms with Crippen molar-refractivity contribution in [3.05, 3.63) is 35.9 Å². The van der Waals surface area contributed by atoms with Gasteiger partial charge in [0, 0.05) is 39.3 Å². The Morgan fingerprint density at radius 1 is 1.05 bits per heavy atom. The Morgan fingerprint density at radius 3 is 2.15 bits per heavy atom. The number of hydrogen-bond donors (Lipinski definition) is 2. The fraction of sp³-hybridized carbons (Fsp3) is 0.625. The molecule has 1 aliphatic rings. The molecule has 0 bridgehead atoms. The normalized spacial score (nSPS) is 20.0. The third-order valence-corrected chi connectivity index (χ3v) is 3.69. The summed E-state index contributed by atoms with van der Waals surface area (Å²) in [6.07, 6.45) is -0.419. The van der Waals surface area contributed by atoms with E-state index in [2.05, 4.69) is 9.80 Å². The van der Waals surface area contributed by atoms with Crippen molar-refractivity contribution < 1.29 is 10.2 Å². The molecule has 0 amide bonds. The van der Waals surface area contributed by atoms with Crippen LogP contribution < -0.4 is 0 Å². The number of hydrogen-bond acceptors (Lipinski definition) is 4. The first kappa shape index (κ1) is 15.4. The van der Waals surface area contributed by atoms with Crippen LogP contribution in [0.4, 0.5) is 0 Å². The van der Waals surface area contributed by atoms with Crippen molar-refractivity contribution in [3.8, 4) is 0 Å². The maximum Gasteiger partial charge on any atom is 0.0916 e. The highest BCUT2D eigenvalue weighted by molar-refractivity contribution is 5.17. The quantitative estimate of drug-likeness (QED) is 0.847. The monoisotopic (exact) mass is 278 g/mol. The van der Waals surface area contributed by atoms with Crippen LogP contribution in [-0.4, -0.2) is 64.9 Å². The highest BCUT2D eigenvalue weighted by Gasteiger charge is 2.23. The van der Waals surface area contributed by atoms with Crippen molar-refractivity contribution in [2.45, 2.75) is 25.6 Å². The van der Waals surface area contributed by atoms with Crippen molar-refractivity contribution in [3.63, 3.8) is 0 Å². The Balaban J connectivity index is 1.77. The maximum absolute atomic E-state index is 10.2. The highest BCUT2D eigenvalue weighted by Crippen LogP contribution is 2.15. The lowest BCUT2D eigenvalue weighted by Crippen LogP contribution is -2.51. The lowest BCUT2D eigenvalue weighted by molar-refractivity contribution is 0.00997. The SMILES string of the molecule is CC(C)(O)CN1CCN(C[C@H](O)c2ccccc2)CC1. The first-order valence-electron chi connectivity index (χ1n) is 7.34. The van der Waals surface area contributed by atoms with E-state index in [0.717, 1.165) is 31.7 Å².